The highest BCUT2D eigenvalue weighted by Crippen LogP contribution is 2.41. The average molecular weight is 332 g/mol. The molecular formula is C14H6Cl2F3NO. The Morgan fingerprint density at radius 1 is 1.00 bits per heavy atom. The van der Waals surface area contributed by atoms with Crippen molar-refractivity contribution >= 4 is 23.2 Å². The number of hydrogen-bond donors (Lipinski definition) is 0. The fourth-order valence-electron chi connectivity index (χ4n) is 1.54. The summed E-state index contributed by atoms with van der Waals surface area (Å²) in [5.74, 6) is 0.230. The zero-order valence-electron chi connectivity index (χ0n) is 10.2. The molecule has 0 saturated carbocycles. The van der Waals surface area contributed by atoms with Gasteiger partial charge in [-0.1, -0.05) is 23.2 Å². The average Bonchev–Trinajstić information content (AvgIpc) is 2.42. The molecule has 0 fully saturated rings. The van der Waals surface area contributed by atoms with E-state index in [0.29, 0.717) is 11.3 Å². The quantitative estimate of drug-likeness (QED) is 0.709. The molecule has 0 spiro atoms. The van der Waals surface area contributed by atoms with Crippen LogP contribution in [0.3, 0.4) is 0 Å². The zero-order valence-corrected chi connectivity index (χ0v) is 11.7. The van der Waals surface area contributed by atoms with Crippen LogP contribution < -0.4 is 4.74 Å². The van der Waals surface area contributed by atoms with Gasteiger partial charge in [0.1, 0.15) is 5.75 Å². The van der Waals surface area contributed by atoms with Crippen LogP contribution in [0.4, 0.5) is 13.2 Å². The van der Waals surface area contributed by atoms with E-state index in [1.165, 1.54) is 24.3 Å². The van der Waals surface area contributed by atoms with Crippen LogP contribution in [0.15, 0.2) is 36.4 Å². The molecular weight excluding hydrogens is 326 g/mol. The van der Waals surface area contributed by atoms with E-state index < -0.39 is 11.7 Å². The molecule has 0 heterocycles. The Labute approximate surface area is 128 Å². The van der Waals surface area contributed by atoms with Gasteiger partial charge >= 0.3 is 6.18 Å². The number of nitriles is 1. The molecule has 0 aliphatic rings. The molecule has 108 valence electrons. The second-order valence-electron chi connectivity index (χ2n) is 4.01. The monoisotopic (exact) mass is 331 g/mol. The van der Waals surface area contributed by atoms with Crippen LogP contribution >= 0.6 is 23.2 Å². The molecule has 2 aromatic rings. The fourth-order valence-corrected chi connectivity index (χ4v) is 2.10. The Morgan fingerprint density at radius 3 is 1.95 bits per heavy atom. The first-order valence-electron chi connectivity index (χ1n) is 5.55. The third kappa shape index (κ3) is 3.60. The van der Waals surface area contributed by atoms with E-state index in [0.717, 1.165) is 12.1 Å². The van der Waals surface area contributed by atoms with Gasteiger partial charge in [0.25, 0.3) is 0 Å². The van der Waals surface area contributed by atoms with E-state index in [9.17, 15) is 13.2 Å². The van der Waals surface area contributed by atoms with Crippen molar-refractivity contribution in [2.45, 2.75) is 6.18 Å². The van der Waals surface area contributed by atoms with Crippen molar-refractivity contribution < 1.29 is 17.9 Å². The zero-order chi connectivity index (χ0) is 15.6. The first-order valence-corrected chi connectivity index (χ1v) is 6.31. The van der Waals surface area contributed by atoms with Gasteiger partial charge in [-0.25, -0.2) is 0 Å². The first kappa shape index (κ1) is 15.5. The normalized spacial score (nSPS) is 11.0. The number of alkyl halides is 3. The summed E-state index contributed by atoms with van der Waals surface area (Å²) < 4.78 is 43.2. The van der Waals surface area contributed by atoms with Crippen molar-refractivity contribution in [3.63, 3.8) is 0 Å². The van der Waals surface area contributed by atoms with Crippen LogP contribution in [0.25, 0.3) is 0 Å². The molecule has 21 heavy (non-hydrogen) atoms. The minimum absolute atomic E-state index is 0.0731. The highest BCUT2D eigenvalue weighted by atomic mass is 35.5. The number of ether oxygens (including phenoxy) is 1. The van der Waals surface area contributed by atoms with Gasteiger partial charge in [-0.05, 0) is 36.4 Å². The van der Waals surface area contributed by atoms with Crippen LogP contribution in [0.1, 0.15) is 11.1 Å². The standard InChI is InChI=1S/C14H6Cl2F3NO/c15-11-5-9(14(17,18)19)6-12(16)13(11)21-10-3-1-8(7-20)2-4-10/h1-6H. The van der Waals surface area contributed by atoms with E-state index in [4.69, 9.17) is 33.2 Å². The number of rotatable bonds is 2. The highest BCUT2D eigenvalue weighted by molar-refractivity contribution is 6.37. The van der Waals surface area contributed by atoms with Gasteiger partial charge in [-0.2, -0.15) is 18.4 Å². The highest BCUT2D eigenvalue weighted by Gasteiger charge is 2.32. The van der Waals surface area contributed by atoms with Gasteiger partial charge in [0.2, 0.25) is 0 Å². The summed E-state index contributed by atoms with van der Waals surface area (Å²) >= 11 is 11.6. The summed E-state index contributed by atoms with van der Waals surface area (Å²) in [4.78, 5) is 0. The minimum Gasteiger partial charge on any atom is -0.454 e. The van der Waals surface area contributed by atoms with Crippen LogP contribution in [0.2, 0.25) is 10.0 Å². The molecule has 7 heteroatoms. The third-order valence-corrected chi connectivity index (χ3v) is 3.09. The molecule has 0 unspecified atom stereocenters. The molecule has 0 bridgehead atoms. The van der Waals surface area contributed by atoms with Crippen LogP contribution in [-0.2, 0) is 6.18 Å². The molecule has 2 nitrogen and oxygen atoms in total. The Bertz CT molecular complexity index is 683. The lowest BCUT2D eigenvalue weighted by Gasteiger charge is -2.13. The first-order chi connectivity index (χ1) is 9.81. The Balaban J connectivity index is 2.34. The van der Waals surface area contributed by atoms with Gasteiger partial charge in [-0.15, -0.1) is 0 Å². The molecule has 0 saturated heterocycles. The minimum atomic E-state index is -4.54. The van der Waals surface area contributed by atoms with Crippen molar-refractivity contribution in [1.29, 1.82) is 5.26 Å². The maximum absolute atomic E-state index is 12.6. The van der Waals surface area contributed by atoms with Crippen molar-refractivity contribution in [2.24, 2.45) is 0 Å². The second kappa shape index (κ2) is 5.84. The topological polar surface area (TPSA) is 33.0 Å². The van der Waals surface area contributed by atoms with E-state index in [2.05, 4.69) is 0 Å². The molecule has 0 N–H and O–H groups in total. The van der Waals surface area contributed by atoms with Crippen LogP contribution in [0, 0.1) is 11.3 Å². The SMILES string of the molecule is N#Cc1ccc(Oc2c(Cl)cc(C(F)(F)F)cc2Cl)cc1. The van der Waals surface area contributed by atoms with Crippen LogP contribution in [-0.4, -0.2) is 0 Å². The molecule has 2 rings (SSSR count). The van der Waals surface area contributed by atoms with Crippen molar-refractivity contribution in [2.75, 3.05) is 0 Å². The van der Waals surface area contributed by atoms with Gasteiger partial charge in [0.15, 0.2) is 5.75 Å². The number of halogens is 5. The Morgan fingerprint density at radius 2 is 1.52 bits per heavy atom. The molecule has 0 aliphatic heterocycles. The summed E-state index contributed by atoms with van der Waals surface area (Å²) in [7, 11) is 0. The Kier molecular flexibility index (Phi) is 4.31. The number of hydrogen-bond acceptors (Lipinski definition) is 2. The summed E-state index contributed by atoms with van der Waals surface area (Å²) in [6, 6.07) is 9.40. The lowest BCUT2D eigenvalue weighted by Crippen LogP contribution is -2.05. The lowest BCUT2D eigenvalue weighted by molar-refractivity contribution is -0.137. The Hall–Kier alpha value is -1.90. The van der Waals surface area contributed by atoms with E-state index in [1.54, 1.807) is 0 Å². The molecule has 0 atom stereocenters. The van der Waals surface area contributed by atoms with Crippen molar-refractivity contribution in [3.8, 4) is 17.6 Å². The molecule has 0 aromatic heterocycles. The van der Waals surface area contributed by atoms with Crippen LogP contribution in [0.5, 0.6) is 11.5 Å². The number of benzene rings is 2. The van der Waals surface area contributed by atoms with E-state index in [1.807, 2.05) is 6.07 Å². The van der Waals surface area contributed by atoms with Crippen molar-refractivity contribution in [1.82, 2.24) is 0 Å². The van der Waals surface area contributed by atoms with Gasteiger partial charge in [-0.3, -0.25) is 0 Å². The smallest absolute Gasteiger partial charge is 0.416 e. The summed E-state index contributed by atoms with van der Waals surface area (Å²) in [6.07, 6.45) is -4.54. The maximum Gasteiger partial charge on any atom is 0.416 e. The summed E-state index contributed by atoms with van der Waals surface area (Å²) in [6.45, 7) is 0. The predicted molar refractivity (Wildman–Crippen MR) is 72.7 cm³/mol. The van der Waals surface area contributed by atoms with Gasteiger partial charge < -0.3 is 4.74 Å². The molecule has 0 aliphatic carbocycles. The van der Waals surface area contributed by atoms with E-state index >= 15 is 0 Å². The summed E-state index contributed by atoms with van der Waals surface area (Å²) in [5.41, 5.74) is -0.531. The number of nitrogens with zero attached hydrogens (tertiary/aromatic N) is 1. The largest absolute Gasteiger partial charge is 0.454 e. The maximum atomic E-state index is 12.6. The van der Waals surface area contributed by atoms with E-state index in [-0.39, 0.29) is 15.8 Å². The van der Waals surface area contributed by atoms with Gasteiger partial charge in [0, 0.05) is 0 Å². The summed E-state index contributed by atoms with van der Waals surface area (Å²) in [5, 5.41) is 8.17. The fraction of sp³-hybridized carbons (Fsp3) is 0.0714. The molecule has 0 radical (unpaired) electrons. The van der Waals surface area contributed by atoms with Crippen molar-refractivity contribution in [3.05, 3.63) is 57.6 Å². The third-order valence-electron chi connectivity index (χ3n) is 2.53. The molecule has 0 amide bonds. The lowest BCUT2D eigenvalue weighted by atomic mass is 10.2. The molecule has 2 aromatic carbocycles. The second-order valence-corrected chi connectivity index (χ2v) is 4.82. The van der Waals surface area contributed by atoms with Gasteiger partial charge in [0.05, 0.1) is 27.2 Å². The predicted octanol–water partition coefficient (Wildman–Crippen LogP) is 5.68.